The zero-order chi connectivity index (χ0) is 20.7. The summed E-state index contributed by atoms with van der Waals surface area (Å²) in [4.78, 5) is 37.9. The average molecular weight is 433 g/mol. The molecule has 2 amide bonds. The molecular weight excluding hydrogens is 411 g/mol. The first-order chi connectivity index (χ1) is 13.4. The lowest BCUT2D eigenvalue weighted by Gasteiger charge is -2.29. The molecule has 2 rings (SSSR count). The number of carbonyl (C=O) groups excluding carboxylic acids is 3. The van der Waals surface area contributed by atoms with Gasteiger partial charge in [-0.3, -0.25) is 9.59 Å². The molecule has 0 aromatic heterocycles. The lowest BCUT2D eigenvalue weighted by molar-refractivity contribution is -0.142. The van der Waals surface area contributed by atoms with E-state index < -0.39 is 23.8 Å². The van der Waals surface area contributed by atoms with E-state index in [1.54, 1.807) is 12.1 Å². The van der Waals surface area contributed by atoms with Gasteiger partial charge in [-0.2, -0.15) is 0 Å². The van der Waals surface area contributed by atoms with Gasteiger partial charge in [0.1, 0.15) is 6.04 Å². The highest BCUT2D eigenvalue weighted by Crippen LogP contribution is 2.31. The molecule has 1 atom stereocenters. The van der Waals surface area contributed by atoms with E-state index in [0.717, 1.165) is 5.69 Å². The molecule has 9 nitrogen and oxygen atoms in total. The third-order valence-electron chi connectivity index (χ3n) is 4.11. The Morgan fingerprint density at radius 2 is 1.86 bits per heavy atom. The minimum absolute atomic E-state index is 0.0272. The van der Waals surface area contributed by atoms with Crippen molar-refractivity contribution in [3.63, 3.8) is 0 Å². The normalized spacial score (nSPS) is 14.9. The predicted octanol–water partition coefficient (Wildman–Crippen LogP) is 0.176. The molecule has 1 aromatic rings. The van der Waals surface area contributed by atoms with E-state index in [0.29, 0.717) is 26.3 Å². The van der Waals surface area contributed by atoms with Crippen molar-refractivity contribution >= 4 is 46.7 Å². The van der Waals surface area contributed by atoms with Crippen molar-refractivity contribution in [1.29, 1.82) is 0 Å². The number of hydrogen-bond donors (Lipinski definition) is 3. The van der Waals surface area contributed by atoms with Crippen LogP contribution in [0, 0.1) is 0 Å². The number of anilines is 1. The molecule has 1 aliphatic heterocycles. The molecule has 0 aliphatic carbocycles. The molecule has 0 bridgehead atoms. The van der Waals surface area contributed by atoms with Gasteiger partial charge in [0.2, 0.25) is 5.91 Å². The quantitative estimate of drug-likeness (QED) is 0.524. The van der Waals surface area contributed by atoms with Gasteiger partial charge >= 0.3 is 5.97 Å². The Hall–Kier alpha value is -2.07. The Bertz CT molecular complexity index is 717. The number of nitrogens with one attached hydrogen (secondary N) is 2. The largest absolute Gasteiger partial charge is 0.467 e. The van der Waals surface area contributed by atoms with Crippen LogP contribution in [0.1, 0.15) is 10.4 Å². The van der Waals surface area contributed by atoms with Crippen LogP contribution in [-0.4, -0.2) is 70.3 Å². The number of nitrogens with two attached hydrogens (primary N) is 1. The molecule has 1 aromatic carbocycles. The number of morpholine rings is 1. The summed E-state index contributed by atoms with van der Waals surface area (Å²) in [6, 6.07) is 2.15. The third kappa shape index (κ3) is 5.71. The lowest BCUT2D eigenvalue weighted by Crippen LogP contribution is -2.49. The summed E-state index contributed by atoms with van der Waals surface area (Å²) in [5.41, 5.74) is 6.01. The molecule has 0 radical (unpaired) electrons. The van der Waals surface area contributed by atoms with Gasteiger partial charge in [-0.25, -0.2) is 4.79 Å². The van der Waals surface area contributed by atoms with E-state index in [1.807, 2.05) is 4.90 Å². The summed E-state index contributed by atoms with van der Waals surface area (Å²) in [6.45, 7) is 2.12. The summed E-state index contributed by atoms with van der Waals surface area (Å²) < 4.78 is 9.97. The first kappa shape index (κ1) is 22.2. The number of carbonyl (C=O) groups is 3. The first-order valence-electron chi connectivity index (χ1n) is 8.54. The van der Waals surface area contributed by atoms with Gasteiger partial charge in [-0.05, 0) is 12.1 Å². The zero-order valence-electron chi connectivity index (χ0n) is 15.3. The fraction of sp³-hybridized carbons (Fsp3) is 0.471. The number of halogens is 2. The summed E-state index contributed by atoms with van der Waals surface area (Å²) in [7, 11) is 1.17. The number of nitrogens with zero attached hydrogens (tertiary/aromatic N) is 1. The van der Waals surface area contributed by atoms with Crippen molar-refractivity contribution in [3.05, 3.63) is 27.7 Å². The average Bonchev–Trinajstić information content (AvgIpc) is 2.70. The Morgan fingerprint density at radius 1 is 1.25 bits per heavy atom. The number of amides is 2. The molecular formula is C17H22Cl2N4O5. The Labute approximate surface area is 172 Å². The van der Waals surface area contributed by atoms with E-state index in [2.05, 4.69) is 15.4 Å². The van der Waals surface area contributed by atoms with Crippen molar-refractivity contribution < 1.29 is 23.9 Å². The number of esters is 1. The van der Waals surface area contributed by atoms with Crippen LogP contribution in [0.4, 0.5) is 5.69 Å². The first-order valence-corrected chi connectivity index (χ1v) is 9.30. The number of rotatable bonds is 7. The molecule has 4 N–H and O–H groups in total. The topological polar surface area (TPSA) is 123 Å². The van der Waals surface area contributed by atoms with Crippen molar-refractivity contribution in [2.75, 3.05) is 51.4 Å². The second kappa shape index (κ2) is 10.5. The molecule has 1 heterocycles. The molecule has 1 unspecified atom stereocenters. The third-order valence-corrected chi connectivity index (χ3v) is 4.71. The molecule has 28 heavy (non-hydrogen) atoms. The Kier molecular flexibility index (Phi) is 8.31. The number of benzene rings is 1. The zero-order valence-corrected chi connectivity index (χ0v) is 16.8. The van der Waals surface area contributed by atoms with Gasteiger partial charge in [0.05, 0.1) is 42.5 Å². The number of ether oxygens (including phenoxy) is 2. The van der Waals surface area contributed by atoms with Crippen LogP contribution in [0.15, 0.2) is 12.1 Å². The molecule has 1 fully saturated rings. The Morgan fingerprint density at radius 3 is 2.39 bits per heavy atom. The maximum absolute atomic E-state index is 12.7. The summed E-state index contributed by atoms with van der Waals surface area (Å²) in [5, 5.41) is 5.17. The van der Waals surface area contributed by atoms with E-state index in [9.17, 15) is 14.4 Å². The van der Waals surface area contributed by atoms with Gasteiger partial charge in [-0.1, -0.05) is 23.2 Å². The predicted molar refractivity (Wildman–Crippen MR) is 105 cm³/mol. The molecule has 0 saturated carbocycles. The molecule has 0 spiro atoms. The highest BCUT2D eigenvalue weighted by atomic mass is 35.5. The van der Waals surface area contributed by atoms with E-state index >= 15 is 0 Å². The van der Waals surface area contributed by atoms with Crippen LogP contribution in [0.2, 0.25) is 10.0 Å². The molecule has 11 heteroatoms. The molecule has 1 saturated heterocycles. The van der Waals surface area contributed by atoms with Crippen LogP contribution in [0.25, 0.3) is 0 Å². The molecule has 154 valence electrons. The lowest BCUT2D eigenvalue weighted by atomic mass is 10.1. The van der Waals surface area contributed by atoms with Crippen molar-refractivity contribution in [2.45, 2.75) is 6.04 Å². The molecule has 1 aliphatic rings. The summed E-state index contributed by atoms with van der Waals surface area (Å²) >= 11 is 12.6. The Balaban J connectivity index is 2.16. The van der Waals surface area contributed by atoms with Crippen LogP contribution in [-0.2, 0) is 19.1 Å². The van der Waals surface area contributed by atoms with Crippen molar-refractivity contribution in [3.8, 4) is 0 Å². The van der Waals surface area contributed by atoms with Gasteiger partial charge in [-0.15, -0.1) is 0 Å². The van der Waals surface area contributed by atoms with Crippen molar-refractivity contribution in [1.82, 2.24) is 10.6 Å². The number of methoxy groups -OCH3 is 1. The maximum Gasteiger partial charge on any atom is 0.330 e. The van der Waals surface area contributed by atoms with Gasteiger partial charge in [0.25, 0.3) is 5.91 Å². The highest BCUT2D eigenvalue weighted by Gasteiger charge is 2.26. The highest BCUT2D eigenvalue weighted by molar-refractivity contribution is 6.40. The standard InChI is InChI=1S/C17H22Cl2N4O5/c1-27-17(26)13(9-21-14(24)8-20)22-16(25)15-11(18)6-10(7-12(15)19)23-2-4-28-5-3-23/h6-7,13H,2-5,8-9,20H2,1H3,(H,21,24)(H,22,25). The SMILES string of the molecule is COC(=O)C(CNC(=O)CN)NC(=O)c1c(Cl)cc(N2CCOCC2)cc1Cl. The minimum Gasteiger partial charge on any atom is -0.467 e. The second-order valence-corrected chi connectivity index (χ2v) is 6.76. The smallest absolute Gasteiger partial charge is 0.330 e. The van der Waals surface area contributed by atoms with Crippen LogP contribution < -0.4 is 21.3 Å². The van der Waals surface area contributed by atoms with E-state index in [1.165, 1.54) is 7.11 Å². The van der Waals surface area contributed by atoms with E-state index in [-0.39, 0.29) is 28.7 Å². The van der Waals surface area contributed by atoms with Crippen LogP contribution >= 0.6 is 23.2 Å². The fourth-order valence-electron chi connectivity index (χ4n) is 2.63. The fourth-order valence-corrected chi connectivity index (χ4v) is 3.28. The van der Waals surface area contributed by atoms with Gasteiger partial charge < -0.3 is 30.7 Å². The van der Waals surface area contributed by atoms with Gasteiger partial charge in [0.15, 0.2) is 0 Å². The van der Waals surface area contributed by atoms with Gasteiger partial charge in [0, 0.05) is 25.3 Å². The van der Waals surface area contributed by atoms with Crippen LogP contribution in [0.5, 0.6) is 0 Å². The second-order valence-electron chi connectivity index (χ2n) is 5.94. The van der Waals surface area contributed by atoms with Crippen molar-refractivity contribution in [2.24, 2.45) is 5.73 Å². The summed E-state index contributed by atoms with van der Waals surface area (Å²) in [6.07, 6.45) is 0. The maximum atomic E-state index is 12.7. The minimum atomic E-state index is -1.13. The van der Waals surface area contributed by atoms with Crippen LogP contribution in [0.3, 0.4) is 0 Å². The monoisotopic (exact) mass is 432 g/mol. The number of hydrogen-bond acceptors (Lipinski definition) is 7. The summed E-state index contributed by atoms with van der Waals surface area (Å²) in [5.74, 6) is -1.88. The van der Waals surface area contributed by atoms with E-state index in [4.69, 9.17) is 33.7 Å².